The zero-order valence-corrected chi connectivity index (χ0v) is 14.1. The average Bonchev–Trinajstić information content (AvgIpc) is 3.17. The highest BCUT2D eigenvalue weighted by molar-refractivity contribution is 7.12. The number of nitrogens with zero attached hydrogens (tertiary/aromatic N) is 1. The van der Waals surface area contributed by atoms with Gasteiger partial charge in [0.05, 0.1) is 4.88 Å². The molecule has 1 aliphatic heterocycles. The number of nitrogens with one attached hydrogen (secondary N) is 1. The summed E-state index contributed by atoms with van der Waals surface area (Å²) < 4.78 is 0. The van der Waals surface area contributed by atoms with Crippen molar-refractivity contribution in [2.75, 3.05) is 16.8 Å². The van der Waals surface area contributed by atoms with Crippen molar-refractivity contribution in [1.29, 1.82) is 0 Å². The molecular formula is C20H18N2OS. The Labute approximate surface area is 145 Å². The van der Waals surface area contributed by atoms with Crippen LogP contribution in [0.1, 0.15) is 21.7 Å². The summed E-state index contributed by atoms with van der Waals surface area (Å²) >= 11 is 1.45. The van der Waals surface area contributed by atoms with Crippen molar-refractivity contribution in [3.8, 4) is 0 Å². The van der Waals surface area contributed by atoms with Gasteiger partial charge in [-0.2, -0.15) is 0 Å². The molecule has 3 nitrogen and oxygen atoms in total. The molecule has 0 saturated heterocycles. The Hall–Kier alpha value is -2.59. The first-order valence-electron chi connectivity index (χ1n) is 8.12. The van der Waals surface area contributed by atoms with Crippen molar-refractivity contribution in [2.24, 2.45) is 0 Å². The van der Waals surface area contributed by atoms with Crippen molar-refractivity contribution in [2.45, 2.75) is 12.8 Å². The summed E-state index contributed by atoms with van der Waals surface area (Å²) in [7, 11) is 0. The molecule has 120 valence electrons. The van der Waals surface area contributed by atoms with Gasteiger partial charge in [-0.15, -0.1) is 11.3 Å². The quantitative estimate of drug-likeness (QED) is 0.724. The van der Waals surface area contributed by atoms with Gasteiger partial charge in [0, 0.05) is 23.6 Å². The van der Waals surface area contributed by atoms with E-state index in [1.165, 1.54) is 22.6 Å². The maximum atomic E-state index is 12.1. The van der Waals surface area contributed by atoms with Gasteiger partial charge >= 0.3 is 0 Å². The van der Waals surface area contributed by atoms with Crippen LogP contribution in [0.2, 0.25) is 0 Å². The molecule has 0 spiro atoms. The molecule has 0 bridgehead atoms. The molecule has 24 heavy (non-hydrogen) atoms. The second kappa shape index (κ2) is 6.49. The Morgan fingerprint density at radius 1 is 1.00 bits per heavy atom. The van der Waals surface area contributed by atoms with Gasteiger partial charge in [0.2, 0.25) is 0 Å². The molecule has 1 amide bonds. The predicted octanol–water partition coefficient (Wildman–Crippen LogP) is 5.08. The minimum atomic E-state index is -0.0546. The highest BCUT2D eigenvalue weighted by Gasteiger charge is 2.17. The van der Waals surface area contributed by atoms with E-state index in [-0.39, 0.29) is 5.91 Å². The van der Waals surface area contributed by atoms with Crippen molar-refractivity contribution < 1.29 is 4.79 Å². The number of anilines is 3. The number of para-hydroxylation sites is 1. The summed E-state index contributed by atoms with van der Waals surface area (Å²) in [6, 6.07) is 20.4. The molecule has 0 radical (unpaired) electrons. The summed E-state index contributed by atoms with van der Waals surface area (Å²) in [5, 5.41) is 4.86. The number of carbonyl (C=O) groups is 1. The lowest BCUT2D eigenvalue weighted by molar-refractivity contribution is 0.103. The third kappa shape index (κ3) is 2.93. The highest BCUT2D eigenvalue weighted by Crippen LogP contribution is 2.33. The van der Waals surface area contributed by atoms with Crippen LogP contribution in [-0.4, -0.2) is 12.5 Å². The average molecular weight is 334 g/mol. The van der Waals surface area contributed by atoms with Crippen molar-refractivity contribution in [3.63, 3.8) is 0 Å². The second-order valence-corrected chi connectivity index (χ2v) is 6.81. The minimum absolute atomic E-state index is 0.0546. The van der Waals surface area contributed by atoms with Crippen LogP contribution in [0.25, 0.3) is 0 Å². The first kappa shape index (κ1) is 15.0. The molecule has 4 rings (SSSR count). The van der Waals surface area contributed by atoms with Crippen molar-refractivity contribution in [1.82, 2.24) is 0 Å². The Morgan fingerprint density at radius 2 is 1.83 bits per heavy atom. The summed E-state index contributed by atoms with van der Waals surface area (Å²) in [6.07, 6.45) is 2.30. The molecule has 0 atom stereocenters. The maximum absolute atomic E-state index is 12.1. The fraction of sp³-hybridized carbons (Fsp3) is 0.150. The number of fused-ring (bicyclic) bond motifs is 1. The molecule has 4 heteroatoms. The fourth-order valence-corrected chi connectivity index (χ4v) is 3.75. The molecule has 2 heterocycles. The number of benzene rings is 2. The third-order valence-electron chi connectivity index (χ3n) is 4.29. The van der Waals surface area contributed by atoms with E-state index in [9.17, 15) is 4.79 Å². The molecule has 0 fully saturated rings. The van der Waals surface area contributed by atoms with Gasteiger partial charge in [0.25, 0.3) is 5.91 Å². The zero-order valence-electron chi connectivity index (χ0n) is 13.2. The number of thiophene rings is 1. The van der Waals surface area contributed by atoms with Gasteiger partial charge in [-0.3, -0.25) is 4.79 Å². The number of aryl methyl sites for hydroxylation is 1. The molecule has 2 aromatic carbocycles. The number of amides is 1. The SMILES string of the molecule is O=C(Nc1ccc(N2CCCc3ccccc32)cc1)c1cccs1. The van der Waals surface area contributed by atoms with E-state index in [1.54, 1.807) is 0 Å². The van der Waals surface area contributed by atoms with E-state index in [4.69, 9.17) is 0 Å². The van der Waals surface area contributed by atoms with Gasteiger partial charge in [-0.25, -0.2) is 0 Å². The summed E-state index contributed by atoms with van der Waals surface area (Å²) in [5.41, 5.74) is 4.68. The van der Waals surface area contributed by atoms with Crippen LogP contribution in [0, 0.1) is 0 Å². The molecule has 0 aliphatic carbocycles. The Bertz CT molecular complexity index is 840. The fourth-order valence-electron chi connectivity index (χ4n) is 3.13. The van der Waals surface area contributed by atoms with Crippen LogP contribution in [0.15, 0.2) is 66.0 Å². The van der Waals surface area contributed by atoms with Crippen molar-refractivity contribution >= 4 is 34.3 Å². The number of rotatable bonds is 3. The van der Waals surface area contributed by atoms with Crippen molar-refractivity contribution in [3.05, 3.63) is 76.5 Å². The van der Waals surface area contributed by atoms with Gasteiger partial charge in [0.1, 0.15) is 0 Å². The van der Waals surface area contributed by atoms with E-state index in [0.29, 0.717) is 0 Å². The molecule has 3 aromatic rings. The first-order chi connectivity index (χ1) is 11.8. The van der Waals surface area contributed by atoms with E-state index in [0.717, 1.165) is 35.6 Å². The molecule has 1 N–H and O–H groups in total. The largest absolute Gasteiger partial charge is 0.341 e. The topological polar surface area (TPSA) is 32.3 Å². The van der Waals surface area contributed by atoms with E-state index >= 15 is 0 Å². The molecule has 1 aliphatic rings. The standard InChI is InChI=1S/C20H18N2OS/c23-20(19-8-4-14-24-19)21-16-9-11-17(12-10-16)22-13-3-6-15-5-1-2-7-18(15)22/h1-2,4-5,7-12,14H,3,6,13H2,(H,21,23). The maximum Gasteiger partial charge on any atom is 0.265 e. The van der Waals surface area contributed by atoms with Gasteiger partial charge < -0.3 is 10.2 Å². The predicted molar refractivity (Wildman–Crippen MR) is 100 cm³/mol. The van der Waals surface area contributed by atoms with Gasteiger partial charge in [0.15, 0.2) is 0 Å². The van der Waals surface area contributed by atoms with Crippen LogP contribution in [0.5, 0.6) is 0 Å². The molecule has 0 unspecified atom stereocenters. The number of carbonyl (C=O) groups excluding carboxylic acids is 1. The van der Waals surface area contributed by atoms with E-state index in [1.807, 2.05) is 29.6 Å². The van der Waals surface area contributed by atoms with Gasteiger partial charge in [-0.1, -0.05) is 24.3 Å². The third-order valence-corrected chi connectivity index (χ3v) is 5.16. The molecule has 0 saturated carbocycles. The minimum Gasteiger partial charge on any atom is -0.341 e. The number of hydrogen-bond acceptors (Lipinski definition) is 3. The van der Waals surface area contributed by atoms with Crippen LogP contribution in [0.4, 0.5) is 17.1 Å². The van der Waals surface area contributed by atoms with Gasteiger partial charge in [-0.05, 0) is 60.2 Å². The lowest BCUT2D eigenvalue weighted by Gasteiger charge is -2.31. The number of hydrogen-bond donors (Lipinski definition) is 1. The summed E-state index contributed by atoms with van der Waals surface area (Å²) in [5.74, 6) is -0.0546. The smallest absolute Gasteiger partial charge is 0.265 e. The Kier molecular flexibility index (Phi) is 4.05. The van der Waals surface area contributed by atoms with Crippen LogP contribution < -0.4 is 10.2 Å². The summed E-state index contributed by atoms with van der Waals surface area (Å²) in [4.78, 5) is 15.2. The monoisotopic (exact) mass is 334 g/mol. The second-order valence-electron chi connectivity index (χ2n) is 5.86. The Balaban J connectivity index is 1.54. The molecular weight excluding hydrogens is 316 g/mol. The Morgan fingerprint density at radius 3 is 2.62 bits per heavy atom. The van der Waals surface area contributed by atoms with E-state index in [2.05, 4.69) is 46.6 Å². The normalized spacial score (nSPS) is 13.4. The summed E-state index contributed by atoms with van der Waals surface area (Å²) in [6.45, 7) is 1.03. The van der Waals surface area contributed by atoms with E-state index < -0.39 is 0 Å². The lowest BCUT2D eigenvalue weighted by Crippen LogP contribution is -2.24. The lowest BCUT2D eigenvalue weighted by atomic mass is 10.0. The zero-order chi connectivity index (χ0) is 16.4. The molecule has 1 aromatic heterocycles. The van der Waals surface area contributed by atoms with Crippen LogP contribution in [0.3, 0.4) is 0 Å². The highest BCUT2D eigenvalue weighted by atomic mass is 32.1. The van der Waals surface area contributed by atoms with Crippen LogP contribution >= 0.6 is 11.3 Å². The van der Waals surface area contributed by atoms with Crippen LogP contribution in [-0.2, 0) is 6.42 Å². The first-order valence-corrected chi connectivity index (χ1v) is 8.99.